The van der Waals surface area contributed by atoms with Crippen molar-refractivity contribution in [3.05, 3.63) is 146 Å². The van der Waals surface area contributed by atoms with Crippen molar-refractivity contribution in [1.82, 2.24) is 0 Å². The van der Waals surface area contributed by atoms with Gasteiger partial charge in [0, 0.05) is 0 Å². The first-order chi connectivity index (χ1) is 37.5. The third-order valence-electron chi connectivity index (χ3n) is 17.6. The van der Waals surface area contributed by atoms with E-state index in [1.807, 2.05) is 0 Å². The van der Waals surface area contributed by atoms with Crippen molar-refractivity contribution in [2.75, 3.05) is 24.6 Å². The van der Waals surface area contributed by atoms with Gasteiger partial charge in [-0.2, -0.15) is 24.3 Å². The second-order valence-corrected chi connectivity index (χ2v) is 33.9. The van der Waals surface area contributed by atoms with Crippen LogP contribution in [0.1, 0.15) is 182 Å². The summed E-state index contributed by atoms with van der Waals surface area (Å²) in [6.07, 6.45) is 40.6. The molecule has 4 saturated carbocycles. The van der Waals surface area contributed by atoms with Gasteiger partial charge in [0.15, 0.2) is 0 Å². The molecule has 0 atom stereocenters. The first-order valence-corrected chi connectivity index (χ1v) is 37.6. The van der Waals surface area contributed by atoms with Crippen LogP contribution >= 0.6 is 31.7 Å². The fraction of sp³-hybridized carbons (Fsp3) is 0.500. The predicted molar refractivity (Wildman–Crippen MR) is 353 cm³/mol. The van der Waals surface area contributed by atoms with Crippen molar-refractivity contribution in [1.29, 1.82) is 0 Å². The molecule has 80 heavy (non-hydrogen) atoms. The number of halogens is 2. The van der Waals surface area contributed by atoms with Crippen LogP contribution in [0.2, 0.25) is 0 Å². The molecule has 0 nitrogen and oxygen atoms in total. The summed E-state index contributed by atoms with van der Waals surface area (Å²) in [5, 5.41) is 18.2. The average molecular weight is 1340 g/mol. The Bertz CT molecular complexity index is 2510. The number of hydrogen-bond donors (Lipinski definition) is 0. The standard InChI is InChI=1S/2C21H28P.2C15H20P.2ClH.2Zr/c2*1-3-11-19(12-4-1)22(20-13-5-2-6-14-20)21-15-17-9-7-8-10-18(17)16-21;2*1-3-9-16(10-4-2)15-11-13-7-5-6-8-14(13)12-15;;;;/h2*7-10,15-16,19-20H,1-6,11-14H2;2*5-8,11-12H,3-4,9-10H2,1-2H3;2*1H;;/q4*-1;;;2*+2/p-2. The molecule has 8 aromatic rings. The van der Waals surface area contributed by atoms with Crippen LogP contribution in [0.3, 0.4) is 0 Å². The van der Waals surface area contributed by atoms with Gasteiger partial charge in [0.1, 0.15) is 0 Å². The smallest absolute Gasteiger partial charge is 1.00 e. The summed E-state index contributed by atoms with van der Waals surface area (Å²) in [7, 11) is 0.317. The summed E-state index contributed by atoms with van der Waals surface area (Å²) < 4.78 is 0. The van der Waals surface area contributed by atoms with Gasteiger partial charge in [0.25, 0.3) is 0 Å². The Balaban J connectivity index is 0.000000195. The van der Waals surface area contributed by atoms with Gasteiger partial charge in [0.2, 0.25) is 0 Å². The first kappa shape index (κ1) is 70.2. The topological polar surface area (TPSA) is 0 Å². The predicted octanol–water partition coefficient (Wildman–Crippen LogP) is 15.6. The van der Waals surface area contributed by atoms with E-state index in [9.17, 15) is 0 Å². The van der Waals surface area contributed by atoms with Gasteiger partial charge in [-0.1, -0.05) is 186 Å². The molecule has 428 valence electrons. The SMILES string of the molecule is CCCP(CCC)c1cc2ccccc2[cH-]1.CCCP(CCC)c1cc2ccccc2[cH-]1.[Cl-].[Cl-].[Zr+2].[Zr+2].c1ccc2[cH-]c(P(C3CCCCC3)C3CCCCC3)cc2c1.c1ccc2[cH-]c(P(C3CCCCC3)C3CCCCC3)cc2c1. The second kappa shape index (κ2) is 37.8. The largest absolute Gasteiger partial charge is 2.00 e. The molecule has 12 rings (SSSR count). The maximum absolute atomic E-state index is 2.55. The van der Waals surface area contributed by atoms with E-state index < -0.39 is 0 Å². The van der Waals surface area contributed by atoms with Crippen LogP contribution < -0.4 is 46.0 Å². The van der Waals surface area contributed by atoms with Crippen molar-refractivity contribution in [2.24, 2.45) is 0 Å². The van der Waals surface area contributed by atoms with Gasteiger partial charge in [-0.15, -0.1) is 161 Å². The number of benzene rings is 4. The molecule has 8 heteroatoms. The zero-order valence-electron chi connectivity index (χ0n) is 49.5. The second-order valence-electron chi connectivity index (χ2n) is 23.3. The Labute approximate surface area is 542 Å². The van der Waals surface area contributed by atoms with Crippen LogP contribution in [0.15, 0.2) is 146 Å². The molecule has 0 N–H and O–H groups in total. The van der Waals surface area contributed by atoms with E-state index in [1.165, 1.54) is 222 Å². The van der Waals surface area contributed by atoms with Crippen LogP contribution in [0, 0.1) is 0 Å². The molecule has 0 amide bonds. The van der Waals surface area contributed by atoms with Crippen LogP contribution in [-0.2, 0) is 52.4 Å². The minimum Gasteiger partial charge on any atom is -1.00 e. The summed E-state index contributed by atoms with van der Waals surface area (Å²) in [5.41, 5.74) is 4.07. The van der Waals surface area contributed by atoms with Crippen molar-refractivity contribution in [3.63, 3.8) is 0 Å². The summed E-state index contributed by atoms with van der Waals surface area (Å²) in [6, 6.07) is 55.2. The van der Waals surface area contributed by atoms with E-state index in [-0.39, 0.29) is 109 Å². The number of hydrogen-bond acceptors (Lipinski definition) is 0. The molecule has 4 fully saturated rings. The third kappa shape index (κ3) is 19.7. The third-order valence-corrected chi connectivity index (χ3v) is 30.4. The van der Waals surface area contributed by atoms with Crippen LogP contribution in [-0.4, -0.2) is 47.3 Å². The fourth-order valence-electron chi connectivity index (χ4n) is 13.9. The zero-order chi connectivity index (χ0) is 52.3. The van der Waals surface area contributed by atoms with Crippen molar-refractivity contribution < 1.29 is 77.2 Å². The first-order valence-electron chi connectivity index (χ1n) is 31.2. The Kier molecular flexibility index (Phi) is 33.2. The van der Waals surface area contributed by atoms with Crippen LogP contribution in [0.25, 0.3) is 43.1 Å². The van der Waals surface area contributed by atoms with E-state index >= 15 is 0 Å². The Morgan fingerprint density at radius 3 is 0.750 bits per heavy atom. The summed E-state index contributed by atoms with van der Waals surface area (Å²) in [4.78, 5) is 0. The molecule has 0 radical (unpaired) electrons. The molecule has 0 aliphatic heterocycles. The fourth-order valence-corrected chi connectivity index (χ4v) is 26.5. The van der Waals surface area contributed by atoms with E-state index in [4.69, 9.17) is 0 Å². The van der Waals surface area contributed by atoms with Crippen molar-refractivity contribution in [3.8, 4) is 0 Å². The van der Waals surface area contributed by atoms with Crippen molar-refractivity contribution >= 4 is 96.0 Å². The summed E-state index contributed by atoms with van der Waals surface area (Å²) in [6.45, 7) is 9.20. The van der Waals surface area contributed by atoms with Gasteiger partial charge >= 0.3 is 52.4 Å². The van der Waals surface area contributed by atoms with Gasteiger partial charge < -0.3 is 24.8 Å². The van der Waals surface area contributed by atoms with E-state index in [1.54, 1.807) is 21.2 Å². The molecule has 0 unspecified atom stereocenters. The molecule has 0 aromatic heterocycles. The number of rotatable bonds is 16. The minimum atomic E-state index is 0. The molecule has 4 aliphatic rings. The van der Waals surface area contributed by atoms with Crippen LogP contribution in [0.4, 0.5) is 0 Å². The molecule has 0 bridgehead atoms. The maximum Gasteiger partial charge on any atom is 2.00 e. The maximum atomic E-state index is 2.55. The van der Waals surface area contributed by atoms with Gasteiger partial charge in [-0.3, -0.25) is 0 Å². The molecule has 4 aliphatic carbocycles. The quantitative estimate of drug-likeness (QED) is 0.0668. The van der Waals surface area contributed by atoms with Crippen molar-refractivity contribution in [2.45, 2.75) is 204 Å². The Hall–Kier alpha value is -0.614. The normalized spacial score (nSPS) is 16.5. The summed E-state index contributed by atoms with van der Waals surface area (Å²) >= 11 is 0. The Morgan fingerprint density at radius 1 is 0.312 bits per heavy atom. The van der Waals surface area contributed by atoms with Gasteiger partial charge in [-0.05, 0) is 98.7 Å². The molecule has 0 heterocycles. The van der Waals surface area contributed by atoms with Crippen LogP contribution in [0.5, 0.6) is 0 Å². The van der Waals surface area contributed by atoms with E-state index in [0.717, 1.165) is 22.6 Å². The van der Waals surface area contributed by atoms with Gasteiger partial charge in [-0.25, -0.2) is 0 Å². The average Bonchev–Trinajstić information content (AvgIpc) is 4.30. The molecule has 8 aromatic carbocycles. The van der Waals surface area contributed by atoms with E-state index in [2.05, 4.69) is 173 Å². The molecular weight excluding hydrogens is 1240 g/mol. The molecule has 0 saturated heterocycles. The van der Waals surface area contributed by atoms with Gasteiger partial charge in [0.05, 0.1) is 0 Å². The number of fused-ring (bicyclic) bond motifs is 4. The monoisotopic (exact) mass is 1330 g/mol. The minimum absolute atomic E-state index is 0. The summed E-state index contributed by atoms with van der Waals surface area (Å²) in [5.74, 6) is 0. The molecular formula is C72H96Cl2P4Zr2-2. The molecule has 0 spiro atoms. The zero-order valence-corrected chi connectivity index (χ0v) is 59.5. The Morgan fingerprint density at radius 2 is 0.525 bits per heavy atom. The van der Waals surface area contributed by atoms with E-state index in [0.29, 0.717) is 0 Å².